The number of benzene rings is 1. The van der Waals surface area contributed by atoms with E-state index in [0.717, 1.165) is 0 Å². The Labute approximate surface area is 101 Å². The summed E-state index contributed by atoms with van der Waals surface area (Å²) in [6.07, 6.45) is 0.211. The summed E-state index contributed by atoms with van der Waals surface area (Å²) in [6.45, 7) is 5.73. The van der Waals surface area contributed by atoms with Crippen LogP contribution in [0.3, 0.4) is 0 Å². The first-order valence-corrected chi connectivity index (χ1v) is 5.66. The number of hydrogen-bond donors (Lipinski definition) is 1. The molecule has 0 heterocycles. The third-order valence-corrected chi connectivity index (χ3v) is 2.23. The van der Waals surface area contributed by atoms with Gasteiger partial charge in [-0.25, -0.2) is 0 Å². The van der Waals surface area contributed by atoms with E-state index in [9.17, 15) is 10.1 Å². The Bertz CT molecular complexity index is 367. The molecule has 5 nitrogen and oxygen atoms in total. The topological polar surface area (TPSA) is 64.4 Å². The molecule has 1 rings (SSSR count). The van der Waals surface area contributed by atoms with E-state index in [0.29, 0.717) is 25.3 Å². The van der Waals surface area contributed by atoms with E-state index in [1.165, 1.54) is 6.07 Å². The largest absolute Gasteiger partial charge is 0.377 e. The third-order valence-electron chi connectivity index (χ3n) is 2.23. The van der Waals surface area contributed by atoms with Gasteiger partial charge in [0, 0.05) is 24.7 Å². The van der Waals surface area contributed by atoms with Gasteiger partial charge >= 0.3 is 0 Å². The van der Waals surface area contributed by atoms with Crippen LogP contribution < -0.4 is 5.32 Å². The van der Waals surface area contributed by atoms with Gasteiger partial charge in [0.05, 0.1) is 17.6 Å². The lowest BCUT2D eigenvalue weighted by molar-refractivity contribution is -0.385. The molecule has 0 amide bonds. The Hall–Kier alpha value is -1.46. The smallest absolute Gasteiger partial charge is 0.273 e. The molecule has 0 aliphatic carbocycles. The molecule has 0 saturated carbocycles. The van der Waals surface area contributed by atoms with Crippen LogP contribution in [0.4, 0.5) is 5.69 Å². The van der Waals surface area contributed by atoms with Crippen LogP contribution in [-0.4, -0.2) is 24.2 Å². The van der Waals surface area contributed by atoms with E-state index in [1.54, 1.807) is 18.2 Å². The maximum absolute atomic E-state index is 10.8. The number of nitro groups is 1. The molecule has 0 aliphatic heterocycles. The highest BCUT2D eigenvalue weighted by molar-refractivity contribution is 5.39. The number of nitrogens with one attached hydrogen (secondary N) is 1. The minimum Gasteiger partial charge on any atom is -0.377 e. The number of nitrogens with zero attached hydrogens (tertiary/aromatic N) is 1. The molecule has 0 aromatic heterocycles. The van der Waals surface area contributed by atoms with Crippen molar-refractivity contribution >= 4 is 5.69 Å². The van der Waals surface area contributed by atoms with Crippen LogP contribution >= 0.6 is 0 Å². The van der Waals surface area contributed by atoms with Gasteiger partial charge in [-0.05, 0) is 13.8 Å². The van der Waals surface area contributed by atoms with Gasteiger partial charge in [-0.3, -0.25) is 10.1 Å². The van der Waals surface area contributed by atoms with E-state index in [-0.39, 0.29) is 16.7 Å². The second kappa shape index (κ2) is 6.98. The first kappa shape index (κ1) is 13.6. The number of nitro benzene ring substituents is 1. The predicted octanol–water partition coefficient (Wildman–Crippen LogP) is 2.11. The molecular formula is C12H18N2O3. The van der Waals surface area contributed by atoms with Crippen LogP contribution in [0.15, 0.2) is 24.3 Å². The lowest BCUT2D eigenvalue weighted by atomic mass is 10.2. The standard InChI is InChI=1S/C12H18N2O3/c1-10(2)17-8-7-13-9-11-5-3-4-6-12(11)14(15)16/h3-6,10,13H,7-9H2,1-2H3. The molecule has 94 valence electrons. The van der Waals surface area contributed by atoms with Gasteiger partial charge in [0.25, 0.3) is 5.69 Å². The highest BCUT2D eigenvalue weighted by atomic mass is 16.6. The molecule has 5 heteroatoms. The summed E-state index contributed by atoms with van der Waals surface area (Å²) in [5, 5.41) is 13.9. The van der Waals surface area contributed by atoms with E-state index in [4.69, 9.17) is 4.74 Å². The van der Waals surface area contributed by atoms with E-state index >= 15 is 0 Å². The third kappa shape index (κ3) is 4.93. The van der Waals surface area contributed by atoms with Crippen LogP contribution in [0.25, 0.3) is 0 Å². The minimum atomic E-state index is -0.359. The normalized spacial score (nSPS) is 10.8. The second-order valence-electron chi connectivity index (χ2n) is 3.98. The molecule has 0 saturated heterocycles. The zero-order valence-corrected chi connectivity index (χ0v) is 10.2. The number of hydrogen-bond acceptors (Lipinski definition) is 4. The molecule has 0 unspecified atom stereocenters. The molecule has 0 radical (unpaired) electrons. The summed E-state index contributed by atoms with van der Waals surface area (Å²) in [4.78, 5) is 10.4. The van der Waals surface area contributed by atoms with Crippen LogP contribution in [0.5, 0.6) is 0 Å². The molecule has 0 fully saturated rings. The molecule has 17 heavy (non-hydrogen) atoms. The monoisotopic (exact) mass is 238 g/mol. The van der Waals surface area contributed by atoms with E-state index in [2.05, 4.69) is 5.32 Å². The Morgan fingerprint density at radius 2 is 2.12 bits per heavy atom. The molecule has 0 bridgehead atoms. The van der Waals surface area contributed by atoms with Gasteiger partial charge in [0.2, 0.25) is 0 Å². The van der Waals surface area contributed by atoms with Crippen molar-refractivity contribution in [1.82, 2.24) is 5.32 Å². The van der Waals surface area contributed by atoms with Crippen molar-refractivity contribution in [3.63, 3.8) is 0 Å². The average molecular weight is 238 g/mol. The fourth-order valence-corrected chi connectivity index (χ4v) is 1.43. The quantitative estimate of drug-likeness (QED) is 0.449. The summed E-state index contributed by atoms with van der Waals surface area (Å²) < 4.78 is 5.36. The van der Waals surface area contributed by atoms with Crippen molar-refractivity contribution in [2.24, 2.45) is 0 Å². The predicted molar refractivity (Wildman–Crippen MR) is 65.9 cm³/mol. The first-order valence-electron chi connectivity index (χ1n) is 5.66. The highest BCUT2D eigenvalue weighted by Gasteiger charge is 2.10. The molecular weight excluding hydrogens is 220 g/mol. The Morgan fingerprint density at radius 1 is 1.41 bits per heavy atom. The number of para-hydroxylation sites is 1. The lowest BCUT2D eigenvalue weighted by Gasteiger charge is -2.08. The van der Waals surface area contributed by atoms with E-state index < -0.39 is 0 Å². The summed E-state index contributed by atoms with van der Waals surface area (Å²) >= 11 is 0. The summed E-state index contributed by atoms with van der Waals surface area (Å²) in [5.74, 6) is 0. The fourth-order valence-electron chi connectivity index (χ4n) is 1.43. The number of rotatable bonds is 7. The van der Waals surface area contributed by atoms with Gasteiger partial charge in [-0.1, -0.05) is 18.2 Å². The van der Waals surface area contributed by atoms with Crippen molar-refractivity contribution in [1.29, 1.82) is 0 Å². The first-order chi connectivity index (χ1) is 8.11. The maximum Gasteiger partial charge on any atom is 0.273 e. The van der Waals surface area contributed by atoms with Crippen LogP contribution in [0.1, 0.15) is 19.4 Å². The van der Waals surface area contributed by atoms with Gasteiger partial charge in [-0.15, -0.1) is 0 Å². The summed E-state index contributed by atoms with van der Waals surface area (Å²) in [5.41, 5.74) is 0.854. The molecule has 1 aromatic carbocycles. The van der Waals surface area contributed by atoms with Gasteiger partial charge in [0.1, 0.15) is 0 Å². The zero-order valence-electron chi connectivity index (χ0n) is 10.2. The average Bonchev–Trinajstić information content (AvgIpc) is 2.28. The van der Waals surface area contributed by atoms with Gasteiger partial charge in [-0.2, -0.15) is 0 Å². The van der Waals surface area contributed by atoms with E-state index in [1.807, 2.05) is 13.8 Å². The number of ether oxygens (including phenoxy) is 1. The maximum atomic E-state index is 10.8. The van der Waals surface area contributed by atoms with Crippen molar-refractivity contribution in [3.8, 4) is 0 Å². The molecule has 0 aliphatic rings. The van der Waals surface area contributed by atoms with Crippen LogP contribution in [0, 0.1) is 10.1 Å². The van der Waals surface area contributed by atoms with Crippen molar-refractivity contribution in [2.45, 2.75) is 26.5 Å². The SMILES string of the molecule is CC(C)OCCNCc1ccccc1[N+](=O)[O-]. The van der Waals surface area contributed by atoms with Crippen molar-refractivity contribution in [3.05, 3.63) is 39.9 Å². The molecule has 1 aromatic rings. The van der Waals surface area contributed by atoms with Crippen molar-refractivity contribution in [2.75, 3.05) is 13.2 Å². The summed E-state index contributed by atoms with van der Waals surface area (Å²) in [7, 11) is 0. The van der Waals surface area contributed by atoms with Crippen LogP contribution in [0.2, 0.25) is 0 Å². The van der Waals surface area contributed by atoms with Crippen molar-refractivity contribution < 1.29 is 9.66 Å². The van der Waals surface area contributed by atoms with Gasteiger partial charge in [0.15, 0.2) is 0 Å². The Kier molecular flexibility index (Phi) is 5.59. The summed E-state index contributed by atoms with van der Waals surface area (Å²) in [6, 6.07) is 6.74. The molecule has 0 spiro atoms. The minimum absolute atomic E-state index is 0.157. The molecule has 0 atom stereocenters. The second-order valence-corrected chi connectivity index (χ2v) is 3.98. The Balaban J connectivity index is 2.39. The highest BCUT2D eigenvalue weighted by Crippen LogP contribution is 2.16. The Morgan fingerprint density at radius 3 is 2.76 bits per heavy atom. The molecule has 1 N–H and O–H groups in total. The van der Waals surface area contributed by atoms with Gasteiger partial charge < -0.3 is 10.1 Å². The van der Waals surface area contributed by atoms with Crippen LogP contribution in [-0.2, 0) is 11.3 Å². The fraction of sp³-hybridized carbons (Fsp3) is 0.500. The lowest BCUT2D eigenvalue weighted by Crippen LogP contribution is -2.21. The zero-order chi connectivity index (χ0) is 12.7.